The van der Waals surface area contributed by atoms with Gasteiger partial charge >= 0.3 is 0 Å². The van der Waals surface area contributed by atoms with E-state index in [1.54, 1.807) is 0 Å². The monoisotopic (exact) mass is 702 g/mol. The lowest BCUT2D eigenvalue weighted by Gasteiger charge is -2.37. The van der Waals surface area contributed by atoms with E-state index in [1.807, 2.05) is 0 Å². The van der Waals surface area contributed by atoms with Crippen LogP contribution in [0.3, 0.4) is 0 Å². The van der Waals surface area contributed by atoms with E-state index in [-0.39, 0.29) is 11.6 Å². The Balaban J connectivity index is 1.10. The second-order valence-corrected chi connectivity index (χ2v) is 16.2. The second kappa shape index (κ2) is 14.0. The predicted molar refractivity (Wildman–Crippen MR) is 231 cm³/mol. The zero-order valence-electron chi connectivity index (χ0n) is 31.9. The number of fused-ring (bicyclic) bond motifs is 3. The van der Waals surface area contributed by atoms with Crippen molar-refractivity contribution in [3.05, 3.63) is 191 Å². The van der Waals surface area contributed by atoms with E-state index < -0.39 is 0 Å². The smallest absolute Gasteiger partial charge is 0.0643 e. The predicted octanol–water partition coefficient (Wildman–Crippen LogP) is 11.6. The van der Waals surface area contributed by atoms with Gasteiger partial charge in [-0.15, -0.1) is 0 Å². The second-order valence-electron chi connectivity index (χ2n) is 16.2. The standard InChI is InChI=1S/C52H50N2/c1-36-19-26-47-48-27-25-45(53(44-16-9-6-10-17-44)49-28-24-43(34-38(49)3)39-14-7-5-8-15-39)35-51(48)54(50(47)33-36)52(4)31-29-41(30-32-52)40-20-22-42(23-21-40)46-18-12-11-13-37(46)2/h5-18,20-31,33-38,46,49H,19,32H2,1-4H3/t36?,37-,38?,46?,49?,52?/m1/s1. The molecule has 0 saturated carbocycles. The van der Waals surface area contributed by atoms with Gasteiger partial charge in [-0.1, -0.05) is 173 Å². The Morgan fingerprint density at radius 1 is 0.667 bits per heavy atom. The Morgan fingerprint density at radius 3 is 2.13 bits per heavy atom. The van der Waals surface area contributed by atoms with Gasteiger partial charge in [0, 0.05) is 33.2 Å². The first-order chi connectivity index (χ1) is 26.4. The number of nitrogens with zero attached hydrogens (tertiary/aromatic N) is 2. The van der Waals surface area contributed by atoms with Gasteiger partial charge in [0.25, 0.3) is 0 Å². The van der Waals surface area contributed by atoms with Crippen LogP contribution < -0.4 is 15.5 Å². The van der Waals surface area contributed by atoms with Gasteiger partial charge in [-0.25, -0.2) is 0 Å². The number of hydrogen-bond donors (Lipinski definition) is 0. The van der Waals surface area contributed by atoms with Crippen molar-refractivity contribution < 1.29 is 0 Å². The van der Waals surface area contributed by atoms with Crippen LogP contribution in [0, 0.1) is 17.8 Å². The van der Waals surface area contributed by atoms with E-state index in [2.05, 4.69) is 213 Å². The number of para-hydroxylation sites is 1. The van der Waals surface area contributed by atoms with Crippen molar-refractivity contribution in [1.29, 1.82) is 0 Å². The maximum absolute atomic E-state index is 2.65. The SMILES string of the molecule is CC1C=c2c(c3ccc(N(c4ccccc4)C4C=CC(c5ccccc5)=CC4C)cc3n2C2(C)C=CC(c3ccc(C4C=CC=C[C@H]4C)cc3)=CC2)=CC1. The van der Waals surface area contributed by atoms with E-state index in [0.717, 1.165) is 12.8 Å². The van der Waals surface area contributed by atoms with Gasteiger partial charge in [-0.3, -0.25) is 0 Å². The molecule has 4 aliphatic carbocycles. The van der Waals surface area contributed by atoms with Gasteiger partial charge in [0.05, 0.1) is 17.1 Å². The molecule has 0 fully saturated rings. The van der Waals surface area contributed by atoms with Crippen molar-refractivity contribution in [3.63, 3.8) is 0 Å². The number of benzene rings is 4. The first-order valence-corrected chi connectivity index (χ1v) is 19.9. The highest BCUT2D eigenvalue weighted by Gasteiger charge is 2.31. The summed E-state index contributed by atoms with van der Waals surface area (Å²) in [6.45, 7) is 9.42. The third kappa shape index (κ3) is 6.18. The summed E-state index contributed by atoms with van der Waals surface area (Å²) >= 11 is 0. The summed E-state index contributed by atoms with van der Waals surface area (Å²) in [5.74, 6) is 1.76. The number of rotatable bonds is 7. The molecule has 9 rings (SSSR count). The highest BCUT2D eigenvalue weighted by Crippen LogP contribution is 2.39. The highest BCUT2D eigenvalue weighted by atomic mass is 15.2. The highest BCUT2D eigenvalue weighted by molar-refractivity contribution is 5.88. The lowest BCUT2D eigenvalue weighted by molar-refractivity contribution is 0.415. The molecular weight excluding hydrogens is 653 g/mol. The molecule has 5 unspecified atom stereocenters. The third-order valence-corrected chi connectivity index (χ3v) is 12.2. The molecular formula is C52H50N2. The summed E-state index contributed by atoms with van der Waals surface area (Å²) in [5, 5.41) is 4.07. The average Bonchev–Trinajstić information content (AvgIpc) is 3.53. The minimum absolute atomic E-state index is 0.171. The third-order valence-electron chi connectivity index (χ3n) is 12.2. The Morgan fingerprint density at radius 2 is 1.41 bits per heavy atom. The van der Waals surface area contributed by atoms with Crippen LogP contribution in [-0.4, -0.2) is 10.6 Å². The van der Waals surface area contributed by atoms with Crippen LogP contribution in [0.25, 0.3) is 34.2 Å². The van der Waals surface area contributed by atoms with Crippen molar-refractivity contribution in [3.8, 4) is 0 Å². The van der Waals surface area contributed by atoms with Crippen LogP contribution in [0.5, 0.6) is 0 Å². The molecule has 0 aliphatic heterocycles. The molecule has 4 aliphatic rings. The summed E-state index contributed by atoms with van der Waals surface area (Å²) in [7, 11) is 0. The molecule has 0 spiro atoms. The fourth-order valence-electron chi connectivity index (χ4n) is 9.21. The molecule has 0 saturated heterocycles. The van der Waals surface area contributed by atoms with Gasteiger partial charge in [0.1, 0.15) is 0 Å². The molecule has 2 nitrogen and oxygen atoms in total. The molecule has 0 amide bonds. The van der Waals surface area contributed by atoms with Gasteiger partial charge in [-0.05, 0) is 89.6 Å². The van der Waals surface area contributed by atoms with Crippen molar-refractivity contribution in [2.45, 2.75) is 58.0 Å². The normalized spacial score (nSPS) is 25.7. The first kappa shape index (κ1) is 34.2. The molecule has 2 heteroatoms. The molecule has 268 valence electrons. The van der Waals surface area contributed by atoms with E-state index >= 15 is 0 Å². The minimum atomic E-state index is -0.215. The number of hydrogen-bond acceptors (Lipinski definition) is 1. The van der Waals surface area contributed by atoms with Crippen LogP contribution in [0.1, 0.15) is 63.1 Å². The van der Waals surface area contributed by atoms with E-state index in [0.29, 0.717) is 23.7 Å². The van der Waals surface area contributed by atoms with E-state index in [4.69, 9.17) is 0 Å². The Bertz CT molecular complexity index is 2500. The van der Waals surface area contributed by atoms with Crippen molar-refractivity contribution in [2.24, 2.45) is 17.8 Å². The van der Waals surface area contributed by atoms with Crippen molar-refractivity contribution in [2.75, 3.05) is 4.90 Å². The summed E-state index contributed by atoms with van der Waals surface area (Å²) in [6, 6.07) is 38.3. The minimum Gasteiger partial charge on any atom is -0.334 e. The molecule has 1 aromatic heterocycles. The lowest BCUT2D eigenvalue weighted by Crippen LogP contribution is -2.42. The van der Waals surface area contributed by atoms with Gasteiger partial charge in [0.15, 0.2) is 0 Å². The topological polar surface area (TPSA) is 8.17 Å². The van der Waals surface area contributed by atoms with Crippen molar-refractivity contribution >= 4 is 45.6 Å². The molecule has 54 heavy (non-hydrogen) atoms. The molecule has 1 heterocycles. The van der Waals surface area contributed by atoms with Crippen LogP contribution in [-0.2, 0) is 5.54 Å². The van der Waals surface area contributed by atoms with Gasteiger partial charge in [-0.2, -0.15) is 0 Å². The molecule has 4 aromatic carbocycles. The summed E-state index contributed by atoms with van der Waals surface area (Å²) in [6.07, 6.45) is 30.4. The molecule has 6 atom stereocenters. The van der Waals surface area contributed by atoms with E-state index in [1.165, 1.54) is 60.7 Å². The quantitative estimate of drug-likeness (QED) is 0.164. The number of anilines is 2. The maximum atomic E-state index is 2.65. The Labute approximate surface area is 320 Å². The van der Waals surface area contributed by atoms with Crippen LogP contribution in [0.15, 0.2) is 164 Å². The van der Waals surface area contributed by atoms with Gasteiger partial charge < -0.3 is 9.47 Å². The van der Waals surface area contributed by atoms with Crippen LogP contribution in [0.4, 0.5) is 11.4 Å². The summed E-state index contributed by atoms with van der Waals surface area (Å²) in [5.41, 5.74) is 10.0. The first-order valence-electron chi connectivity index (χ1n) is 19.9. The average molecular weight is 703 g/mol. The van der Waals surface area contributed by atoms with Crippen LogP contribution in [0.2, 0.25) is 0 Å². The summed E-state index contributed by atoms with van der Waals surface area (Å²) < 4.78 is 2.65. The van der Waals surface area contributed by atoms with Gasteiger partial charge in [0.2, 0.25) is 0 Å². The van der Waals surface area contributed by atoms with Crippen molar-refractivity contribution in [1.82, 2.24) is 4.57 Å². The Hall–Kier alpha value is -5.60. The molecule has 0 radical (unpaired) electrons. The van der Waals surface area contributed by atoms with Crippen LogP contribution >= 0.6 is 0 Å². The Kier molecular flexibility index (Phi) is 8.86. The molecule has 5 aromatic rings. The lowest BCUT2D eigenvalue weighted by atomic mass is 9.83. The fraction of sp³-hybridized carbons (Fsp3) is 0.231. The number of aromatic nitrogens is 1. The largest absolute Gasteiger partial charge is 0.334 e. The zero-order valence-corrected chi connectivity index (χ0v) is 31.9. The fourth-order valence-corrected chi connectivity index (χ4v) is 9.21. The molecule has 0 bridgehead atoms. The van der Waals surface area contributed by atoms with E-state index in [9.17, 15) is 0 Å². The molecule has 0 N–H and O–H groups in total. The summed E-state index contributed by atoms with van der Waals surface area (Å²) in [4.78, 5) is 2.55. The zero-order chi connectivity index (χ0) is 36.8. The number of allylic oxidation sites excluding steroid dienone is 10. The maximum Gasteiger partial charge on any atom is 0.0643 e.